The molecule has 0 bridgehead atoms. The first-order valence-electron chi connectivity index (χ1n) is 8.04. The Morgan fingerprint density at radius 1 is 1.30 bits per heavy atom. The number of nitrogens with zero attached hydrogens (tertiary/aromatic N) is 4. The van der Waals surface area contributed by atoms with Gasteiger partial charge in [-0.15, -0.1) is 0 Å². The molecule has 1 saturated heterocycles. The van der Waals surface area contributed by atoms with Crippen LogP contribution in [0.5, 0.6) is 0 Å². The number of hydrogen-bond donors (Lipinski definition) is 0. The highest BCUT2D eigenvalue weighted by Gasteiger charge is 2.39. The van der Waals surface area contributed by atoms with Crippen LogP contribution in [-0.2, 0) is 13.5 Å². The van der Waals surface area contributed by atoms with E-state index >= 15 is 0 Å². The standard InChI is InChI=1S/C17H21ClN4O/c1-9-7-22-11(8-20(9)3)5-13-15(22)12-6-14(18)10(2)19-16(12)21(4)17(13)23/h6,9,11H,5,7-8H2,1-4H3. The molecular weight excluding hydrogens is 312 g/mol. The molecule has 0 saturated carbocycles. The Hall–Kier alpha value is -1.59. The predicted molar refractivity (Wildman–Crippen MR) is 93.7 cm³/mol. The fourth-order valence-corrected chi connectivity index (χ4v) is 4.09. The highest BCUT2D eigenvalue weighted by molar-refractivity contribution is 6.32. The van der Waals surface area contributed by atoms with Gasteiger partial charge in [0.1, 0.15) is 5.65 Å². The van der Waals surface area contributed by atoms with Gasteiger partial charge in [-0.05, 0) is 27.0 Å². The molecule has 0 aromatic carbocycles. The number of anilines is 1. The maximum Gasteiger partial charge on any atom is 0.257 e. The van der Waals surface area contributed by atoms with Crippen LogP contribution in [0.3, 0.4) is 0 Å². The molecule has 5 nitrogen and oxygen atoms in total. The molecule has 4 rings (SSSR count). The number of halogens is 1. The first-order valence-corrected chi connectivity index (χ1v) is 8.42. The lowest BCUT2D eigenvalue weighted by atomic mass is 10.1. The van der Waals surface area contributed by atoms with Crippen molar-refractivity contribution >= 4 is 28.3 Å². The molecule has 23 heavy (non-hydrogen) atoms. The average molecular weight is 333 g/mol. The Morgan fingerprint density at radius 3 is 2.78 bits per heavy atom. The number of piperazine rings is 1. The van der Waals surface area contributed by atoms with Crippen molar-refractivity contribution in [2.75, 3.05) is 25.0 Å². The molecule has 2 aliphatic rings. The number of fused-ring (bicyclic) bond motifs is 5. The number of hydrogen-bond acceptors (Lipinski definition) is 4. The topological polar surface area (TPSA) is 41.4 Å². The highest BCUT2D eigenvalue weighted by atomic mass is 35.5. The molecule has 0 amide bonds. The van der Waals surface area contributed by atoms with Gasteiger partial charge in [-0.25, -0.2) is 4.98 Å². The molecule has 0 aliphatic carbocycles. The second-order valence-corrected chi connectivity index (χ2v) is 7.32. The van der Waals surface area contributed by atoms with Crippen molar-refractivity contribution in [3.8, 4) is 0 Å². The van der Waals surface area contributed by atoms with Crippen molar-refractivity contribution < 1.29 is 0 Å². The maximum absolute atomic E-state index is 12.8. The second-order valence-electron chi connectivity index (χ2n) is 6.92. The van der Waals surface area contributed by atoms with Gasteiger partial charge < -0.3 is 4.90 Å². The zero-order valence-corrected chi connectivity index (χ0v) is 14.7. The van der Waals surface area contributed by atoms with Gasteiger partial charge in [0.2, 0.25) is 0 Å². The van der Waals surface area contributed by atoms with E-state index in [4.69, 9.17) is 11.6 Å². The van der Waals surface area contributed by atoms with Crippen molar-refractivity contribution in [3.05, 3.63) is 32.7 Å². The molecule has 4 heterocycles. The van der Waals surface area contributed by atoms with Crippen molar-refractivity contribution in [3.63, 3.8) is 0 Å². The number of aryl methyl sites for hydroxylation is 2. The summed E-state index contributed by atoms with van der Waals surface area (Å²) in [5.74, 6) is 0. The Balaban J connectivity index is 2.02. The van der Waals surface area contributed by atoms with Gasteiger partial charge in [0.05, 0.1) is 16.4 Å². The molecule has 0 radical (unpaired) electrons. The summed E-state index contributed by atoms with van der Waals surface area (Å²) in [6.07, 6.45) is 0.806. The third-order valence-corrected chi connectivity index (χ3v) is 5.82. The number of pyridine rings is 2. The van der Waals surface area contributed by atoms with Crippen LogP contribution in [0.2, 0.25) is 5.02 Å². The molecule has 2 atom stereocenters. The summed E-state index contributed by atoms with van der Waals surface area (Å²) in [5.41, 5.74) is 3.53. The Morgan fingerprint density at radius 2 is 2.04 bits per heavy atom. The predicted octanol–water partition coefficient (Wildman–Crippen LogP) is 1.96. The van der Waals surface area contributed by atoms with E-state index in [9.17, 15) is 4.79 Å². The van der Waals surface area contributed by atoms with Crippen LogP contribution in [-0.4, -0.2) is 46.7 Å². The smallest absolute Gasteiger partial charge is 0.257 e. The van der Waals surface area contributed by atoms with E-state index in [1.807, 2.05) is 13.0 Å². The fraction of sp³-hybridized carbons (Fsp3) is 0.529. The van der Waals surface area contributed by atoms with Crippen molar-refractivity contribution in [2.45, 2.75) is 32.4 Å². The molecule has 2 aliphatic heterocycles. The summed E-state index contributed by atoms with van der Waals surface area (Å²) in [4.78, 5) is 22.2. The van der Waals surface area contributed by atoms with Crippen LogP contribution in [0, 0.1) is 6.92 Å². The van der Waals surface area contributed by atoms with E-state index in [1.54, 1.807) is 11.6 Å². The van der Waals surface area contributed by atoms with Gasteiger partial charge in [0.25, 0.3) is 5.56 Å². The van der Waals surface area contributed by atoms with Crippen LogP contribution < -0.4 is 10.5 Å². The number of likely N-dealkylation sites (N-methyl/N-ethyl adjacent to an activating group) is 1. The van der Waals surface area contributed by atoms with E-state index < -0.39 is 0 Å². The first kappa shape index (κ1) is 15.0. The number of aromatic nitrogens is 2. The minimum Gasteiger partial charge on any atom is -0.364 e. The molecule has 0 spiro atoms. The third kappa shape index (κ3) is 2.03. The van der Waals surface area contributed by atoms with Gasteiger partial charge >= 0.3 is 0 Å². The van der Waals surface area contributed by atoms with Crippen molar-refractivity contribution in [1.82, 2.24) is 14.5 Å². The Kier molecular flexibility index (Phi) is 3.22. The largest absolute Gasteiger partial charge is 0.364 e. The molecule has 2 unspecified atom stereocenters. The van der Waals surface area contributed by atoms with Crippen LogP contribution in [0.4, 0.5) is 5.69 Å². The Labute approximate surface area is 140 Å². The van der Waals surface area contributed by atoms with E-state index in [0.717, 1.165) is 47.5 Å². The SMILES string of the molecule is Cc1nc2c(cc1Cl)c1c(c(=O)n2C)CC2CN(C)C(C)CN12. The summed E-state index contributed by atoms with van der Waals surface area (Å²) in [6.45, 7) is 6.02. The van der Waals surface area contributed by atoms with E-state index in [-0.39, 0.29) is 5.56 Å². The van der Waals surface area contributed by atoms with E-state index in [0.29, 0.717) is 17.1 Å². The average Bonchev–Trinajstić information content (AvgIpc) is 2.86. The van der Waals surface area contributed by atoms with E-state index in [1.165, 1.54) is 0 Å². The molecule has 122 valence electrons. The molecular formula is C17H21ClN4O. The molecule has 6 heteroatoms. The van der Waals surface area contributed by atoms with E-state index in [2.05, 4.69) is 28.8 Å². The van der Waals surface area contributed by atoms with Crippen molar-refractivity contribution in [1.29, 1.82) is 0 Å². The lowest BCUT2D eigenvalue weighted by Gasteiger charge is -2.42. The summed E-state index contributed by atoms with van der Waals surface area (Å²) in [5, 5.41) is 1.65. The van der Waals surface area contributed by atoms with Crippen LogP contribution in [0.15, 0.2) is 10.9 Å². The van der Waals surface area contributed by atoms with Crippen LogP contribution in [0.25, 0.3) is 11.0 Å². The third-order valence-electron chi connectivity index (χ3n) is 5.43. The second kappa shape index (κ2) is 4.95. The van der Waals surface area contributed by atoms with Gasteiger partial charge in [0, 0.05) is 49.6 Å². The highest BCUT2D eigenvalue weighted by Crippen LogP contribution is 2.39. The van der Waals surface area contributed by atoms with Gasteiger partial charge in [-0.1, -0.05) is 11.6 Å². The Bertz CT molecular complexity index is 875. The van der Waals surface area contributed by atoms with Gasteiger partial charge in [-0.3, -0.25) is 14.3 Å². The molecule has 1 fully saturated rings. The molecule has 2 aromatic rings. The zero-order valence-electron chi connectivity index (χ0n) is 13.9. The summed E-state index contributed by atoms with van der Waals surface area (Å²) in [6, 6.07) is 2.80. The minimum atomic E-state index is 0.0754. The normalized spacial score (nSPS) is 24.1. The van der Waals surface area contributed by atoms with Gasteiger partial charge in [0.15, 0.2) is 0 Å². The zero-order chi connectivity index (χ0) is 16.5. The fourth-order valence-electron chi connectivity index (χ4n) is 3.94. The quantitative estimate of drug-likeness (QED) is 0.739. The van der Waals surface area contributed by atoms with Gasteiger partial charge in [-0.2, -0.15) is 0 Å². The minimum absolute atomic E-state index is 0.0754. The lowest BCUT2D eigenvalue weighted by Crippen LogP contribution is -2.54. The number of rotatable bonds is 0. The maximum atomic E-state index is 12.8. The first-order chi connectivity index (χ1) is 10.9. The van der Waals surface area contributed by atoms with Crippen molar-refractivity contribution in [2.24, 2.45) is 7.05 Å². The monoisotopic (exact) mass is 332 g/mol. The summed E-state index contributed by atoms with van der Waals surface area (Å²) >= 11 is 6.33. The van der Waals surface area contributed by atoms with Crippen LogP contribution in [0.1, 0.15) is 18.2 Å². The summed E-state index contributed by atoms with van der Waals surface area (Å²) in [7, 11) is 3.96. The molecule has 0 N–H and O–H groups in total. The van der Waals surface area contributed by atoms with Crippen LogP contribution >= 0.6 is 11.6 Å². The lowest BCUT2D eigenvalue weighted by molar-refractivity contribution is 0.204. The summed E-state index contributed by atoms with van der Waals surface area (Å²) < 4.78 is 1.67. The molecule has 2 aromatic heterocycles.